The molecule has 0 N–H and O–H groups in total. The van der Waals surface area contributed by atoms with Gasteiger partial charge in [0.1, 0.15) is 5.82 Å². The summed E-state index contributed by atoms with van der Waals surface area (Å²) in [5, 5.41) is 2.33. The summed E-state index contributed by atoms with van der Waals surface area (Å²) < 4.78 is 13.0. The Kier molecular flexibility index (Phi) is 6.51. The maximum Gasteiger partial charge on any atom is 0.246 e. The molecular weight excluding hydrogens is 389 g/mol. The SMILES string of the molecule is CC(=O)N(c1ccccc1)c1nc(C=CC(=O)N(C)Cc2ccc(F)cc2)cs1. The molecule has 0 aliphatic rings. The van der Waals surface area contributed by atoms with Crippen molar-refractivity contribution >= 4 is 40.0 Å². The van der Waals surface area contributed by atoms with Gasteiger partial charge in [-0.15, -0.1) is 11.3 Å². The summed E-state index contributed by atoms with van der Waals surface area (Å²) in [7, 11) is 1.68. The van der Waals surface area contributed by atoms with Crippen LogP contribution < -0.4 is 4.90 Å². The van der Waals surface area contributed by atoms with Crippen LogP contribution in [0.1, 0.15) is 18.2 Å². The molecule has 1 heterocycles. The number of likely N-dealkylation sites (N-methyl/N-ethyl adjacent to an activating group) is 1. The molecule has 2 amide bonds. The van der Waals surface area contributed by atoms with E-state index in [0.29, 0.717) is 17.4 Å². The van der Waals surface area contributed by atoms with E-state index in [2.05, 4.69) is 4.98 Å². The van der Waals surface area contributed by atoms with Crippen LogP contribution in [0.2, 0.25) is 0 Å². The average Bonchev–Trinajstić information content (AvgIpc) is 3.17. The smallest absolute Gasteiger partial charge is 0.246 e. The molecule has 29 heavy (non-hydrogen) atoms. The Morgan fingerprint density at radius 2 is 1.79 bits per heavy atom. The Hall–Kier alpha value is -3.32. The zero-order valence-corrected chi connectivity index (χ0v) is 16.9. The molecule has 2 aromatic carbocycles. The minimum Gasteiger partial charge on any atom is -0.338 e. The van der Waals surface area contributed by atoms with E-state index < -0.39 is 0 Å². The van der Waals surface area contributed by atoms with Crippen LogP contribution in [0.5, 0.6) is 0 Å². The molecule has 0 bridgehead atoms. The van der Waals surface area contributed by atoms with Crippen molar-refractivity contribution in [3.8, 4) is 0 Å². The molecular formula is C22H20FN3O2S. The fourth-order valence-electron chi connectivity index (χ4n) is 2.68. The van der Waals surface area contributed by atoms with Gasteiger partial charge in [-0.25, -0.2) is 9.37 Å². The first kappa shape index (κ1) is 20.4. The number of nitrogens with zero attached hydrogens (tertiary/aromatic N) is 3. The van der Waals surface area contributed by atoms with Crippen LogP contribution in [-0.4, -0.2) is 28.7 Å². The lowest BCUT2D eigenvalue weighted by atomic mass is 10.2. The second-order valence-electron chi connectivity index (χ2n) is 6.40. The van der Waals surface area contributed by atoms with E-state index in [0.717, 1.165) is 11.3 Å². The normalized spacial score (nSPS) is 10.9. The van der Waals surface area contributed by atoms with E-state index in [-0.39, 0.29) is 17.6 Å². The lowest BCUT2D eigenvalue weighted by Crippen LogP contribution is -2.24. The lowest BCUT2D eigenvalue weighted by molar-refractivity contribution is -0.125. The number of carbonyl (C=O) groups excluding carboxylic acids is 2. The number of benzene rings is 2. The first-order valence-electron chi connectivity index (χ1n) is 8.93. The van der Waals surface area contributed by atoms with Gasteiger partial charge >= 0.3 is 0 Å². The number of amides is 2. The number of aromatic nitrogens is 1. The van der Waals surface area contributed by atoms with Crippen LogP contribution in [-0.2, 0) is 16.1 Å². The van der Waals surface area contributed by atoms with Gasteiger partial charge in [-0.1, -0.05) is 30.3 Å². The van der Waals surface area contributed by atoms with Crippen molar-refractivity contribution in [1.82, 2.24) is 9.88 Å². The first-order valence-corrected chi connectivity index (χ1v) is 9.81. The molecule has 7 heteroatoms. The van der Waals surface area contributed by atoms with E-state index in [1.807, 2.05) is 30.3 Å². The minimum atomic E-state index is -0.308. The van der Waals surface area contributed by atoms with Crippen molar-refractivity contribution in [2.24, 2.45) is 0 Å². The van der Waals surface area contributed by atoms with Gasteiger partial charge in [-0.3, -0.25) is 14.5 Å². The molecule has 0 aliphatic heterocycles. The fourth-order valence-corrected chi connectivity index (χ4v) is 3.54. The van der Waals surface area contributed by atoms with E-state index in [1.165, 1.54) is 46.3 Å². The fraction of sp³-hybridized carbons (Fsp3) is 0.136. The number of thiazole rings is 1. The predicted octanol–water partition coefficient (Wildman–Crippen LogP) is 4.64. The highest BCUT2D eigenvalue weighted by Gasteiger charge is 2.17. The van der Waals surface area contributed by atoms with Crippen molar-refractivity contribution in [3.05, 3.63) is 83.1 Å². The van der Waals surface area contributed by atoms with Gasteiger partial charge in [-0.05, 0) is 35.9 Å². The number of para-hydroxylation sites is 1. The van der Waals surface area contributed by atoms with Gasteiger partial charge in [0, 0.05) is 32.0 Å². The second kappa shape index (κ2) is 9.25. The van der Waals surface area contributed by atoms with Crippen LogP contribution in [0.4, 0.5) is 15.2 Å². The Balaban J connectivity index is 1.68. The molecule has 0 unspecified atom stereocenters. The minimum absolute atomic E-state index is 0.142. The molecule has 5 nitrogen and oxygen atoms in total. The molecule has 0 fully saturated rings. The average molecular weight is 409 g/mol. The van der Waals surface area contributed by atoms with Crippen LogP contribution in [0.15, 0.2) is 66.1 Å². The zero-order valence-electron chi connectivity index (χ0n) is 16.1. The van der Waals surface area contributed by atoms with E-state index in [9.17, 15) is 14.0 Å². The highest BCUT2D eigenvalue weighted by molar-refractivity contribution is 7.14. The van der Waals surface area contributed by atoms with Crippen molar-refractivity contribution in [2.75, 3.05) is 11.9 Å². The number of carbonyl (C=O) groups is 2. The Bertz CT molecular complexity index is 1020. The molecule has 0 radical (unpaired) electrons. The number of rotatable bonds is 6. The maximum absolute atomic E-state index is 13.0. The van der Waals surface area contributed by atoms with Crippen LogP contribution in [0.25, 0.3) is 6.08 Å². The second-order valence-corrected chi connectivity index (χ2v) is 7.24. The Labute approximate surface area is 172 Å². The summed E-state index contributed by atoms with van der Waals surface area (Å²) in [4.78, 5) is 31.9. The number of halogens is 1. The third kappa shape index (κ3) is 5.36. The van der Waals surface area contributed by atoms with E-state index in [4.69, 9.17) is 0 Å². The van der Waals surface area contributed by atoms with E-state index >= 15 is 0 Å². The Morgan fingerprint density at radius 1 is 1.10 bits per heavy atom. The standard InChI is InChI=1S/C22H20FN3O2S/c1-16(27)26(20-6-4-3-5-7-20)22-24-19(15-29-22)12-13-21(28)25(2)14-17-8-10-18(23)11-9-17/h3-13,15H,14H2,1-2H3. The number of anilines is 2. The molecule has 0 aliphatic carbocycles. The summed E-state index contributed by atoms with van der Waals surface area (Å²) in [5.74, 6) is -0.649. The molecule has 0 atom stereocenters. The lowest BCUT2D eigenvalue weighted by Gasteiger charge is -2.17. The van der Waals surface area contributed by atoms with Crippen molar-refractivity contribution in [2.45, 2.75) is 13.5 Å². The van der Waals surface area contributed by atoms with Gasteiger partial charge in [0.05, 0.1) is 11.4 Å². The maximum atomic E-state index is 13.0. The van der Waals surface area contributed by atoms with Crippen LogP contribution >= 0.6 is 11.3 Å². The summed E-state index contributed by atoms with van der Waals surface area (Å²) >= 11 is 1.33. The zero-order chi connectivity index (χ0) is 20.8. The topological polar surface area (TPSA) is 53.5 Å². The van der Waals surface area contributed by atoms with Gasteiger partial charge in [0.25, 0.3) is 0 Å². The summed E-state index contributed by atoms with van der Waals surface area (Å²) in [5.41, 5.74) is 2.17. The van der Waals surface area contributed by atoms with Gasteiger partial charge in [-0.2, -0.15) is 0 Å². The quantitative estimate of drug-likeness (QED) is 0.558. The summed E-state index contributed by atoms with van der Waals surface area (Å²) in [6.07, 6.45) is 3.05. The van der Waals surface area contributed by atoms with Gasteiger partial charge < -0.3 is 4.90 Å². The molecule has 3 rings (SSSR count). The molecule has 1 aromatic heterocycles. The number of hydrogen-bond donors (Lipinski definition) is 0. The van der Waals surface area contributed by atoms with Crippen molar-refractivity contribution < 1.29 is 14.0 Å². The first-order chi connectivity index (χ1) is 13.9. The van der Waals surface area contributed by atoms with E-state index in [1.54, 1.807) is 30.6 Å². The highest BCUT2D eigenvalue weighted by Crippen LogP contribution is 2.29. The highest BCUT2D eigenvalue weighted by atomic mass is 32.1. The molecule has 0 saturated heterocycles. The third-order valence-electron chi connectivity index (χ3n) is 4.14. The van der Waals surface area contributed by atoms with Crippen molar-refractivity contribution in [3.63, 3.8) is 0 Å². The molecule has 0 spiro atoms. The van der Waals surface area contributed by atoms with Crippen molar-refractivity contribution in [1.29, 1.82) is 0 Å². The molecule has 3 aromatic rings. The largest absolute Gasteiger partial charge is 0.338 e. The van der Waals surface area contributed by atoms with Gasteiger partial charge in [0.2, 0.25) is 11.8 Å². The van der Waals surface area contributed by atoms with Crippen LogP contribution in [0, 0.1) is 5.82 Å². The number of hydrogen-bond acceptors (Lipinski definition) is 4. The Morgan fingerprint density at radius 3 is 2.45 bits per heavy atom. The van der Waals surface area contributed by atoms with Crippen LogP contribution in [0.3, 0.4) is 0 Å². The van der Waals surface area contributed by atoms with Gasteiger partial charge in [0.15, 0.2) is 5.13 Å². The summed E-state index contributed by atoms with van der Waals surface area (Å²) in [6.45, 7) is 1.86. The molecule has 0 saturated carbocycles. The monoisotopic (exact) mass is 409 g/mol. The predicted molar refractivity (Wildman–Crippen MR) is 113 cm³/mol. The molecule has 148 valence electrons. The third-order valence-corrected chi connectivity index (χ3v) is 4.98. The summed E-state index contributed by atoms with van der Waals surface area (Å²) in [6, 6.07) is 15.3.